The number of hydrogen-bond donors (Lipinski definition) is 1. The minimum atomic E-state index is -3.89. The van der Waals surface area contributed by atoms with Crippen molar-refractivity contribution in [1.82, 2.24) is 5.32 Å². The fraction of sp³-hybridized carbons (Fsp3) is 0.462. The summed E-state index contributed by atoms with van der Waals surface area (Å²) in [4.78, 5) is 12.3. The number of hydrogen-bond acceptors (Lipinski definition) is 4. The molecule has 0 spiro atoms. The van der Waals surface area contributed by atoms with E-state index in [-0.39, 0.29) is 16.8 Å². The predicted molar refractivity (Wildman–Crippen MR) is 83.2 cm³/mol. The Morgan fingerprint density at radius 2 is 2.00 bits per heavy atom. The van der Waals surface area contributed by atoms with E-state index in [9.17, 15) is 13.2 Å². The average molecular weight is 397 g/mol. The molecule has 1 heterocycles. The third-order valence-electron chi connectivity index (χ3n) is 3.40. The van der Waals surface area contributed by atoms with Crippen molar-refractivity contribution in [1.29, 1.82) is 0 Å². The predicted octanol–water partition coefficient (Wildman–Crippen LogP) is 2.59. The van der Waals surface area contributed by atoms with E-state index in [1.807, 2.05) is 0 Å². The van der Waals surface area contributed by atoms with Crippen LogP contribution in [0.15, 0.2) is 21.5 Å². The van der Waals surface area contributed by atoms with Crippen LogP contribution in [-0.4, -0.2) is 33.6 Å². The molecule has 1 aromatic rings. The Morgan fingerprint density at radius 1 is 1.38 bits per heavy atom. The Labute approximate surface area is 136 Å². The molecule has 116 valence electrons. The average Bonchev–Trinajstić information content (AvgIpc) is 2.41. The molecule has 0 aromatic heterocycles. The molecule has 0 radical (unpaired) electrons. The molecular weight excluding hydrogens is 382 g/mol. The van der Waals surface area contributed by atoms with E-state index in [0.29, 0.717) is 28.8 Å². The first-order chi connectivity index (χ1) is 9.79. The van der Waals surface area contributed by atoms with Crippen LogP contribution in [-0.2, 0) is 13.8 Å². The van der Waals surface area contributed by atoms with E-state index in [1.54, 1.807) is 6.92 Å². The largest absolute Gasteiger partial charge is 0.381 e. The first-order valence-corrected chi connectivity index (χ1v) is 9.52. The van der Waals surface area contributed by atoms with Crippen LogP contribution < -0.4 is 5.32 Å². The zero-order valence-electron chi connectivity index (χ0n) is 11.4. The highest BCUT2D eigenvalue weighted by molar-refractivity contribution is 9.10. The lowest BCUT2D eigenvalue weighted by Gasteiger charge is -2.23. The van der Waals surface area contributed by atoms with E-state index >= 15 is 0 Å². The second kappa shape index (κ2) is 6.64. The van der Waals surface area contributed by atoms with Gasteiger partial charge in [-0.2, -0.15) is 0 Å². The van der Waals surface area contributed by atoms with Crippen LogP contribution in [0.4, 0.5) is 0 Å². The number of nitrogens with one attached hydrogen (secondary N) is 1. The summed E-state index contributed by atoms with van der Waals surface area (Å²) in [7, 11) is 1.47. The standard InChI is InChI=1S/C13H15BrClNO4S/c1-8-11(6-10(7-12(8)14)21(15,18)19)13(17)16-9-2-4-20-5-3-9/h6-7,9H,2-5H2,1H3,(H,16,17). The fourth-order valence-corrected chi connectivity index (χ4v) is 3.53. The van der Waals surface area contributed by atoms with Crippen molar-refractivity contribution in [2.24, 2.45) is 0 Å². The minimum absolute atomic E-state index is 0.0423. The summed E-state index contributed by atoms with van der Waals surface area (Å²) in [6, 6.07) is 2.74. The zero-order valence-corrected chi connectivity index (χ0v) is 14.5. The Balaban J connectivity index is 2.29. The maximum atomic E-state index is 12.4. The Kier molecular flexibility index (Phi) is 5.29. The van der Waals surface area contributed by atoms with Crippen LogP contribution in [0.5, 0.6) is 0 Å². The van der Waals surface area contributed by atoms with Crippen molar-refractivity contribution < 1.29 is 17.9 Å². The molecule has 5 nitrogen and oxygen atoms in total. The van der Waals surface area contributed by atoms with Crippen molar-refractivity contribution in [3.05, 3.63) is 27.7 Å². The number of carbonyl (C=O) groups excluding carboxylic acids is 1. The second-order valence-electron chi connectivity index (χ2n) is 4.88. The summed E-state index contributed by atoms with van der Waals surface area (Å²) in [5.74, 6) is -0.303. The topological polar surface area (TPSA) is 72.5 Å². The summed E-state index contributed by atoms with van der Waals surface area (Å²) < 4.78 is 28.7. The third kappa shape index (κ3) is 4.18. The SMILES string of the molecule is Cc1c(Br)cc(S(=O)(=O)Cl)cc1C(=O)NC1CCOCC1. The fourth-order valence-electron chi connectivity index (χ4n) is 2.14. The van der Waals surface area contributed by atoms with Gasteiger partial charge in [-0.1, -0.05) is 15.9 Å². The maximum absolute atomic E-state index is 12.4. The number of amides is 1. The van der Waals surface area contributed by atoms with Crippen molar-refractivity contribution in [2.45, 2.75) is 30.7 Å². The van der Waals surface area contributed by atoms with Crippen LogP contribution in [0.1, 0.15) is 28.8 Å². The lowest BCUT2D eigenvalue weighted by molar-refractivity contribution is 0.0696. The van der Waals surface area contributed by atoms with Crippen LogP contribution >= 0.6 is 26.6 Å². The van der Waals surface area contributed by atoms with Crippen LogP contribution in [0.3, 0.4) is 0 Å². The molecular formula is C13H15BrClNO4S. The molecule has 1 aliphatic heterocycles. The van der Waals surface area contributed by atoms with Crippen molar-refractivity contribution in [2.75, 3.05) is 13.2 Å². The molecule has 1 amide bonds. The van der Waals surface area contributed by atoms with Gasteiger partial charge in [-0.25, -0.2) is 8.42 Å². The van der Waals surface area contributed by atoms with Gasteiger partial charge in [-0.15, -0.1) is 0 Å². The van der Waals surface area contributed by atoms with Crippen molar-refractivity contribution >= 4 is 41.6 Å². The monoisotopic (exact) mass is 395 g/mol. The smallest absolute Gasteiger partial charge is 0.261 e. The Morgan fingerprint density at radius 3 is 2.57 bits per heavy atom. The highest BCUT2D eigenvalue weighted by Gasteiger charge is 2.21. The molecule has 1 N–H and O–H groups in total. The van der Waals surface area contributed by atoms with Crippen molar-refractivity contribution in [3.63, 3.8) is 0 Å². The van der Waals surface area contributed by atoms with Crippen molar-refractivity contribution in [3.8, 4) is 0 Å². The second-order valence-corrected chi connectivity index (χ2v) is 8.30. The molecule has 0 atom stereocenters. The van der Waals surface area contributed by atoms with E-state index < -0.39 is 9.05 Å². The molecule has 0 saturated carbocycles. The van der Waals surface area contributed by atoms with Crippen LogP contribution in [0.2, 0.25) is 0 Å². The molecule has 1 saturated heterocycles. The summed E-state index contributed by atoms with van der Waals surface area (Å²) in [6.45, 7) is 2.97. The molecule has 0 unspecified atom stereocenters. The van der Waals surface area contributed by atoms with E-state index in [0.717, 1.165) is 12.8 Å². The van der Waals surface area contributed by atoms with Gasteiger partial charge in [0.15, 0.2) is 0 Å². The molecule has 1 fully saturated rings. The van der Waals surface area contributed by atoms with E-state index in [2.05, 4.69) is 21.2 Å². The summed E-state index contributed by atoms with van der Waals surface area (Å²) in [6.07, 6.45) is 1.50. The number of carbonyl (C=O) groups is 1. The van der Waals surface area contributed by atoms with Gasteiger partial charge in [0, 0.05) is 40.0 Å². The molecule has 0 bridgehead atoms. The maximum Gasteiger partial charge on any atom is 0.261 e. The minimum Gasteiger partial charge on any atom is -0.381 e. The summed E-state index contributed by atoms with van der Waals surface area (Å²) in [5, 5.41) is 2.90. The quantitative estimate of drug-likeness (QED) is 0.797. The van der Waals surface area contributed by atoms with Gasteiger partial charge in [-0.3, -0.25) is 4.79 Å². The van der Waals surface area contributed by atoms with E-state index in [1.165, 1.54) is 12.1 Å². The summed E-state index contributed by atoms with van der Waals surface area (Å²) >= 11 is 3.26. The molecule has 8 heteroatoms. The first-order valence-electron chi connectivity index (χ1n) is 6.42. The number of halogens is 2. The lowest BCUT2D eigenvalue weighted by Crippen LogP contribution is -2.39. The number of benzene rings is 1. The highest BCUT2D eigenvalue weighted by atomic mass is 79.9. The van der Waals surface area contributed by atoms with Gasteiger partial charge < -0.3 is 10.1 Å². The molecule has 1 aliphatic rings. The Bertz CT molecular complexity index is 656. The third-order valence-corrected chi connectivity index (χ3v) is 5.56. The number of rotatable bonds is 3. The van der Waals surface area contributed by atoms with Gasteiger partial charge in [0.1, 0.15) is 0 Å². The molecule has 2 rings (SSSR count). The number of ether oxygens (including phenoxy) is 1. The normalized spacial score (nSPS) is 16.7. The lowest BCUT2D eigenvalue weighted by atomic mass is 10.1. The highest BCUT2D eigenvalue weighted by Crippen LogP contribution is 2.27. The van der Waals surface area contributed by atoms with Gasteiger partial charge in [0.05, 0.1) is 4.90 Å². The summed E-state index contributed by atoms with van der Waals surface area (Å²) in [5.41, 5.74) is 0.971. The van der Waals surface area contributed by atoms with Gasteiger partial charge in [-0.05, 0) is 37.5 Å². The molecule has 21 heavy (non-hydrogen) atoms. The zero-order chi connectivity index (χ0) is 15.6. The Hall–Kier alpha value is -0.630. The molecule has 1 aromatic carbocycles. The molecule has 0 aliphatic carbocycles. The van der Waals surface area contributed by atoms with E-state index in [4.69, 9.17) is 15.4 Å². The van der Waals surface area contributed by atoms with Crippen LogP contribution in [0.25, 0.3) is 0 Å². The first kappa shape index (κ1) is 16.7. The van der Waals surface area contributed by atoms with Gasteiger partial charge >= 0.3 is 0 Å². The van der Waals surface area contributed by atoms with Gasteiger partial charge in [0.25, 0.3) is 15.0 Å². The van der Waals surface area contributed by atoms with Gasteiger partial charge in [0.2, 0.25) is 0 Å². The van der Waals surface area contributed by atoms with Crippen LogP contribution in [0, 0.1) is 6.92 Å².